The molecule has 1 atom stereocenters. The Kier molecular flexibility index (Phi) is 3.71. The molecule has 0 bridgehead atoms. The fourth-order valence-electron chi connectivity index (χ4n) is 3.86. The molecule has 1 aliphatic carbocycles. The monoisotopic (exact) mass is 293 g/mol. The highest BCUT2D eigenvalue weighted by molar-refractivity contribution is 5.69. The number of fused-ring (bicyclic) bond motifs is 2. The summed E-state index contributed by atoms with van der Waals surface area (Å²) < 4.78 is 19.2. The van der Waals surface area contributed by atoms with Crippen LogP contribution >= 0.6 is 0 Å². The number of aliphatic carboxylic acids is 1. The Morgan fingerprint density at radius 1 is 1.48 bits per heavy atom. The van der Waals surface area contributed by atoms with E-state index in [9.17, 15) is 9.18 Å². The molecular formula is C16H20FNO3. The molecule has 0 saturated carbocycles. The molecule has 5 heteroatoms. The second kappa shape index (κ2) is 5.39. The molecule has 1 N–H and O–H groups in total. The van der Waals surface area contributed by atoms with Gasteiger partial charge in [-0.05, 0) is 55.6 Å². The Balaban J connectivity index is 1.84. The second-order valence-electron chi connectivity index (χ2n) is 6.11. The number of halogens is 1. The van der Waals surface area contributed by atoms with E-state index in [1.807, 2.05) is 11.0 Å². The van der Waals surface area contributed by atoms with Crippen molar-refractivity contribution >= 4 is 5.97 Å². The van der Waals surface area contributed by atoms with Crippen molar-refractivity contribution < 1.29 is 19.0 Å². The third-order valence-corrected chi connectivity index (χ3v) is 4.97. The largest absolute Gasteiger partial charge is 0.480 e. The first-order valence-corrected chi connectivity index (χ1v) is 7.31. The van der Waals surface area contributed by atoms with Crippen LogP contribution in [0.1, 0.15) is 36.5 Å². The summed E-state index contributed by atoms with van der Waals surface area (Å²) in [4.78, 5) is 12.8. The third-order valence-electron chi connectivity index (χ3n) is 4.97. The first-order chi connectivity index (χ1) is 10.0. The molecule has 1 unspecified atom stereocenters. The number of likely N-dealkylation sites (tertiary alicyclic amines) is 1. The normalized spacial score (nSPS) is 24.2. The van der Waals surface area contributed by atoms with Gasteiger partial charge < -0.3 is 9.84 Å². The minimum atomic E-state index is -0.793. The number of carboxylic acid groups (broad SMARTS) is 1. The van der Waals surface area contributed by atoms with Crippen LogP contribution in [0.25, 0.3) is 0 Å². The molecule has 4 nitrogen and oxygen atoms in total. The molecular weight excluding hydrogens is 273 g/mol. The number of nitrogens with zero attached hydrogens (tertiary/aromatic N) is 1. The SMILES string of the molecule is COC1CC2(CCN(CC(=O)O)CC2)c2cc(F)ccc21. The number of piperidine rings is 1. The van der Waals surface area contributed by atoms with E-state index >= 15 is 0 Å². The lowest BCUT2D eigenvalue weighted by atomic mass is 9.73. The van der Waals surface area contributed by atoms with Gasteiger partial charge in [0.05, 0.1) is 12.6 Å². The van der Waals surface area contributed by atoms with E-state index in [2.05, 4.69) is 0 Å². The molecule has 3 rings (SSSR count). The molecule has 1 aromatic rings. The van der Waals surface area contributed by atoms with Gasteiger partial charge in [-0.15, -0.1) is 0 Å². The number of benzene rings is 1. The van der Waals surface area contributed by atoms with Crippen molar-refractivity contribution in [3.63, 3.8) is 0 Å². The fourth-order valence-corrected chi connectivity index (χ4v) is 3.86. The minimum Gasteiger partial charge on any atom is -0.480 e. The predicted octanol–water partition coefficient (Wildman–Crippen LogP) is 2.34. The van der Waals surface area contributed by atoms with Crippen LogP contribution < -0.4 is 0 Å². The van der Waals surface area contributed by atoms with Crippen molar-refractivity contribution in [1.29, 1.82) is 0 Å². The van der Waals surface area contributed by atoms with Gasteiger partial charge in [0.25, 0.3) is 0 Å². The van der Waals surface area contributed by atoms with Crippen molar-refractivity contribution in [2.24, 2.45) is 0 Å². The maximum atomic E-state index is 13.7. The summed E-state index contributed by atoms with van der Waals surface area (Å²) >= 11 is 0. The summed E-state index contributed by atoms with van der Waals surface area (Å²) in [6.07, 6.45) is 2.60. The first-order valence-electron chi connectivity index (χ1n) is 7.31. The lowest BCUT2D eigenvalue weighted by Gasteiger charge is -2.39. The van der Waals surface area contributed by atoms with Gasteiger partial charge in [0.1, 0.15) is 5.82 Å². The second-order valence-corrected chi connectivity index (χ2v) is 6.11. The number of methoxy groups -OCH3 is 1. The van der Waals surface area contributed by atoms with E-state index in [1.165, 1.54) is 6.07 Å². The first kappa shape index (κ1) is 14.5. The molecule has 1 aromatic carbocycles. The van der Waals surface area contributed by atoms with Gasteiger partial charge in [0.15, 0.2) is 0 Å². The zero-order valence-corrected chi connectivity index (χ0v) is 12.1. The van der Waals surface area contributed by atoms with Gasteiger partial charge in [-0.25, -0.2) is 4.39 Å². The Morgan fingerprint density at radius 2 is 2.19 bits per heavy atom. The molecule has 1 spiro atoms. The van der Waals surface area contributed by atoms with E-state index in [4.69, 9.17) is 9.84 Å². The third kappa shape index (κ3) is 2.56. The summed E-state index contributed by atoms with van der Waals surface area (Å²) in [6.45, 7) is 1.55. The van der Waals surface area contributed by atoms with E-state index in [1.54, 1.807) is 13.2 Å². The van der Waals surface area contributed by atoms with Crippen LogP contribution in [0.5, 0.6) is 0 Å². The Hall–Kier alpha value is -1.46. The van der Waals surface area contributed by atoms with Crippen LogP contribution in [0.4, 0.5) is 4.39 Å². The van der Waals surface area contributed by atoms with E-state index in [0.29, 0.717) is 0 Å². The molecule has 1 saturated heterocycles. The highest BCUT2D eigenvalue weighted by atomic mass is 19.1. The van der Waals surface area contributed by atoms with Gasteiger partial charge in [-0.3, -0.25) is 9.69 Å². The predicted molar refractivity (Wildman–Crippen MR) is 75.8 cm³/mol. The minimum absolute atomic E-state index is 0.0200. The molecule has 1 aliphatic heterocycles. The average molecular weight is 293 g/mol. The van der Waals surface area contributed by atoms with Gasteiger partial charge in [0.2, 0.25) is 0 Å². The zero-order chi connectivity index (χ0) is 15.0. The lowest BCUT2D eigenvalue weighted by molar-refractivity contribution is -0.138. The van der Waals surface area contributed by atoms with Gasteiger partial charge >= 0.3 is 5.97 Å². The molecule has 1 fully saturated rings. The van der Waals surface area contributed by atoms with Crippen LogP contribution in [0.3, 0.4) is 0 Å². The quantitative estimate of drug-likeness (QED) is 0.929. The van der Waals surface area contributed by atoms with Crippen molar-refractivity contribution in [3.05, 3.63) is 35.1 Å². The van der Waals surface area contributed by atoms with Gasteiger partial charge in [-0.2, -0.15) is 0 Å². The molecule has 21 heavy (non-hydrogen) atoms. The molecule has 0 aromatic heterocycles. The van der Waals surface area contributed by atoms with Crippen LogP contribution in [0.2, 0.25) is 0 Å². The number of rotatable bonds is 3. The maximum Gasteiger partial charge on any atom is 0.317 e. The Morgan fingerprint density at radius 3 is 2.81 bits per heavy atom. The smallest absolute Gasteiger partial charge is 0.317 e. The number of hydrogen-bond acceptors (Lipinski definition) is 3. The van der Waals surface area contributed by atoms with Crippen LogP contribution in [-0.2, 0) is 14.9 Å². The molecule has 1 heterocycles. The van der Waals surface area contributed by atoms with E-state index < -0.39 is 5.97 Å². The fraction of sp³-hybridized carbons (Fsp3) is 0.562. The summed E-state index contributed by atoms with van der Waals surface area (Å²) in [6, 6.07) is 4.96. The van der Waals surface area contributed by atoms with Crippen LogP contribution in [-0.4, -0.2) is 42.7 Å². The average Bonchev–Trinajstić information content (AvgIpc) is 2.75. The molecule has 2 aliphatic rings. The Labute approximate surface area is 123 Å². The van der Waals surface area contributed by atoms with E-state index in [0.717, 1.165) is 43.5 Å². The van der Waals surface area contributed by atoms with Crippen molar-refractivity contribution in [2.75, 3.05) is 26.7 Å². The van der Waals surface area contributed by atoms with Gasteiger partial charge in [0, 0.05) is 12.5 Å². The molecule has 0 amide bonds. The number of hydrogen-bond donors (Lipinski definition) is 1. The zero-order valence-electron chi connectivity index (χ0n) is 12.1. The highest BCUT2D eigenvalue weighted by Gasteiger charge is 2.45. The summed E-state index contributed by atoms with van der Waals surface area (Å²) in [5.41, 5.74) is 2.09. The van der Waals surface area contributed by atoms with Crippen molar-refractivity contribution in [3.8, 4) is 0 Å². The summed E-state index contributed by atoms with van der Waals surface area (Å²) in [5, 5.41) is 8.89. The maximum absolute atomic E-state index is 13.7. The summed E-state index contributed by atoms with van der Waals surface area (Å²) in [7, 11) is 1.69. The highest BCUT2D eigenvalue weighted by Crippen LogP contribution is 2.51. The van der Waals surface area contributed by atoms with Gasteiger partial charge in [-0.1, -0.05) is 6.07 Å². The number of carboxylic acids is 1. The number of ether oxygens (including phenoxy) is 1. The molecule has 0 radical (unpaired) electrons. The summed E-state index contributed by atoms with van der Waals surface area (Å²) in [5.74, 6) is -1.00. The van der Waals surface area contributed by atoms with Crippen LogP contribution in [0.15, 0.2) is 18.2 Å². The molecule has 114 valence electrons. The van der Waals surface area contributed by atoms with E-state index in [-0.39, 0.29) is 23.9 Å². The standard InChI is InChI=1S/C16H20FNO3/c1-21-14-9-16(13-8-11(17)2-3-12(13)14)4-6-18(7-5-16)10-15(19)20/h2-3,8,14H,4-7,9-10H2,1H3,(H,19,20). The topological polar surface area (TPSA) is 49.8 Å². The van der Waals surface area contributed by atoms with Crippen molar-refractivity contribution in [2.45, 2.75) is 30.8 Å². The van der Waals surface area contributed by atoms with Crippen LogP contribution in [0, 0.1) is 5.82 Å². The van der Waals surface area contributed by atoms with Crippen molar-refractivity contribution in [1.82, 2.24) is 4.90 Å². The lowest BCUT2D eigenvalue weighted by Crippen LogP contribution is -2.43. The number of carbonyl (C=O) groups is 1. The Bertz CT molecular complexity index is 552.